The van der Waals surface area contributed by atoms with Gasteiger partial charge in [-0.2, -0.15) is 0 Å². The van der Waals surface area contributed by atoms with E-state index >= 15 is 0 Å². The predicted molar refractivity (Wildman–Crippen MR) is 57.4 cm³/mol. The van der Waals surface area contributed by atoms with Crippen LogP contribution in [0, 0.1) is 0 Å². The van der Waals surface area contributed by atoms with Gasteiger partial charge in [0.05, 0.1) is 6.61 Å². The molecule has 0 aliphatic heterocycles. The topological polar surface area (TPSA) is 46.5 Å². The molecule has 0 spiro atoms. The van der Waals surface area contributed by atoms with Gasteiger partial charge in [0.1, 0.15) is 0 Å². The van der Waals surface area contributed by atoms with Crippen LogP contribution in [0.3, 0.4) is 0 Å². The van der Waals surface area contributed by atoms with Gasteiger partial charge in [-0.25, -0.2) is 4.79 Å². The van der Waals surface area contributed by atoms with Crippen LogP contribution in [-0.4, -0.2) is 21.7 Å². The number of hydrogen-bond acceptors (Lipinski definition) is 2. The lowest BCUT2D eigenvalue weighted by molar-refractivity contribution is 0.0900. The Balaban J connectivity index is 3.11. The molecular weight excluding hydrogens is 250 g/mol. The van der Waals surface area contributed by atoms with Crippen LogP contribution in [-0.2, 0) is 4.74 Å². The first kappa shape index (κ1) is 14.1. The maximum atomic E-state index is 9.95. The normalized spacial score (nSPS) is 11.4. The number of halogens is 3. The molecule has 0 aromatic heterocycles. The smallest absolute Gasteiger partial charge is 0.450 e. The molecule has 0 radical (unpaired) electrons. The van der Waals surface area contributed by atoms with Crippen molar-refractivity contribution in [3.63, 3.8) is 0 Å². The van der Waals surface area contributed by atoms with Crippen molar-refractivity contribution in [2.75, 3.05) is 6.61 Å². The summed E-state index contributed by atoms with van der Waals surface area (Å²) in [5, 5.41) is 8.15. The minimum absolute atomic E-state index is 0.239. The van der Waals surface area contributed by atoms with Crippen LogP contribution in [0.5, 0.6) is 0 Å². The first-order chi connectivity index (χ1) is 6.42. The molecule has 0 heterocycles. The Labute approximate surface area is 98.3 Å². The Morgan fingerprint density at radius 2 is 1.71 bits per heavy atom. The number of carboxylic acid groups (broad SMARTS) is 1. The summed E-state index contributed by atoms with van der Waals surface area (Å²) in [6, 6.07) is 0. The molecule has 3 nitrogen and oxygen atoms in total. The van der Waals surface area contributed by atoms with E-state index in [-0.39, 0.29) is 6.61 Å². The van der Waals surface area contributed by atoms with Crippen molar-refractivity contribution in [2.45, 2.75) is 35.9 Å². The number of ether oxygens (including phenoxy) is 1. The fraction of sp³-hybridized carbons (Fsp3) is 0.875. The van der Waals surface area contributed by atoms with Gasteiger partial charge >= 0.3 is 6.16 Å². The van der Waals surface area contributed by atoms with E-state index in [4.69, 9.17) is 39.9 Å². The molecule has 0 rings (SSSR count). The zero-order valence-electron chi connectivity index (χ0n) is 7.64. The minimum atomic E-state index is -1.23. The molecule has 84 valence electrons. The van der Waals surface area contributed by atoms with E-state index in [9.17, 15) is 4.79 Å². The van der Waals surface area contributed by atoms with Gasteiger partial charge in [-0.1, -0.05) is 47.6 Å². The molecule has 0 aliphatic rings. The minimum Gasteiger partial charge on any atom is -0.450 e. The lowest BCUT2D eigenvalue weighted by Crippen LogP contribution is -2.03. The summed E-state index contributed by atoms with van der Waals surface area (Å²) >= 11 is 16.6. The highest BCUT2D eigenvalue weighted by Gasteiger charge is 2.17. The van der Waals surface area contributed by atoms with Crippen molar-refractivity contribution in [3.8, 4) is 0 Å². The van der Waals surface area contributed by atoms with E-state index in [0.29, 0.717) is 12.8 Å². The van der Waals surface area contributed by atoms with E-state index < -0.39 is 9.95 Å². The van der Waals surface area contributed by atoms with Crippen LogP contribution in [0.1, 0.15) is 32.1 Å². The van der Waals surface area contributed by atoms with Crippen molar-refractivity contribution >= 4 is 41.0 Å². The van der Waals surface area contributed by atoms with Gasteiger partial charge in [0, 0.05) is 0 Å². The van der Waals surface area contributed by atoms with E-state index in [2.05, 4.69) is 4.74 Å². The molecule has 0 amide bonds. The lowest BCUT2D eigenvalue weighted by atomic mass is 10.2. The summed E-state index contributed by atoms with van der Waals surface area (Å²) in [6.07, 6.45) is 2.63. The number of unbranched alkanes of at least 4 members (excludes halogenated alkanes) is 3. The SMILES string of the molecule is O=C(O)OCCCCCCC(Cl)(Cl)Cl. The van der Waals surface area contributed by atoms with E-state index in [1.165, 1.54) is 0 Å². The molecule has 0 unspecified atom stereocenters. The molecule has 0 saturated heterocycles. The molecule has 0 aliphatic carbocycles. The average Bonchev–Trinajstić information content (AvgIpc) is 2.00. The fourth-order valence-corrected chi connectivity index (χ4v) is 1.34. The highest BCUT2D eigenvalue weighted by molar-refractivity contribution is 6.67. The van der Waals surface area contributed by atoms with Crippen LogP contribution < -0.4 is 0 Å². The van der Waals surface area contributed by atoms with E-state index in [1.54, 1.807) is 0 Å². The Hall–Kier alpha value is 0.140. The van der Waals surface area contributed by atoms with Crippen molar-refractivity contribution in [1.82, 2.24) is 0 Å². The highest BCUT2D eigenvalue weighted by atomic mass is 35.6. The first-order valence-corrected chi connectivity index (χ1v) is 5.47. The Morgan fingerprint density at radius 1 is 1.14 bits per heavy atom. The standard InChI is InChI=1S/C8H13Cl3O3/c9-8(10,11)5-3-1-2-4-6-14-7(12)13/h1-6H2,(H,12,13). The van der Waals surface area contributed by atoms with Crippen molar-refractivity contribution in [2.24, 2.45) is 0 Å². The average molecular weight is 264 g/mol. The fourth-order valence-electron chi connectivity index (χ4n) is 0.941. The summed E-state index contributed by atoms with van der Waals surface area (Å²) in [5.41, 5.74) is 0. The van der Waals surface area contributed by atoms with Gasteiger partial charge in [0.15, 0.2) is 3.79 Å². The molecule has 0 fully saturated rings. The van der Waals surface area contributed by atoms with Gasteiger partial charge in [-0.3, -0.25) is 0 Å². The van der Waals surface area contributed by atoms with Crippen LogP contribution in [0.15, 0.2) is 0 Å². The molecule has 14 heavy (non-hydrogen) atoms. The Kier molecular flexibility index (Phi) is 7.51. The van der Waals surface area contributed by atoms with Crippen LogP contribution in [0.25, 0.3) is 0 Å². The van der Waals surface area contributed by atoms with Crippen molar-refractivity contribution < 1.29 is 14.6 Å². The molecule has 0 saturated carbocycles. The lowest BCUT2D eigenvalue weighted by Gasteiger charge is -2.09. The molecule has 0 aromatic carbocycles. The zero-order valence-corrected chi connectivity index (χ0v) is 9.91. The highest BCUT2D eigenvalue weighted by Crippen LogP contribution is 2.31. The largest absolute Gasteiger partial charge is 0.505 e. The molecule has 0 atom stereocenters. The molecule has 0 aromatic rings. The van der Waals surface area contributed by atoms with Gasteiger partial charge in [-0.15, -0.1) is 0 Å². The molecule has 1 N–H and O–H groups in total. The summed E-state index contributed by atoms with van der Waals surface area (Å²) in [4.78, 5) is 9.95. The van der Waals surface area contributed by atoms with Gasteiger partial charge in [0.25, 0.3) is 0 Å². The monoisotopic (exact) mass is 262 g/mol. The summed E-state index contributed by atoms with van der Waals surface area (Å²) in [5.74, 6) is 0. The van der Waals surface area contributed by atoms with E-state index in [0.717, 1.165) is 19.3 Å². The van der Waals surface area contributed by atoms with E-state index in [1.807, 2.05) is 0 Å². The van der Waals surface area contributed by atoms with Gasteiger partial charge < -0.3 is 9.84 Å². The van der Waals surface area contributed by atoms with Gasteiger partial charge in [0.2, 0.25) is 0 Å². The maximum Gasteiger partial charge on any atom is 0.505 e. The van der Waals surface area contributed by atoms with Crippen molar-refractivity contribution in [3.05, 3.63) is 0 Å². The number of carbonyl (C=O) groups is 1. The Bertz CT molecular complexity index is 168. The molecule has 0 bridgehead atoms. The quantitative estimate of drug-likeness (QED) is 0.447. The maximum absolute atomic E-state index is 9.95. The van der Waals surface area contributed by atoms with Crippen molar-refractivity contribution in [1.29, 1.82) is 0 Å². The number of hydrogen-bond donors (Lipinski definition) is 1. The number of rotatable bonds is 6. The summed E-state index contributed by atoms with van der Waals surface area (Å²) in [7, 11) is 0. The zero-order chi connectivity index (χ0) is 11.0. The first-order valence-electron chi connectivity index (χ1n) is 4.34. The second kappa shape index (κ2) is 7.43. The second-order valence-corrected chi connectivity index (χ2v) is 5.41. The summed E-state index contributed by atoms with van der Waals surface area (Å²) in [6.45, 7) is 0.239. The Morgan fingerprint density at radius 3 is 2.21 bits per heavy atom. The second-order valence-electron chi connectivity index (χ2n) is 2.89. The van der Waals surface area contributed by atoms with Crippen LogP contribution >= 0.6 is 34.8 Å². The summed E-state index contributed by atoms with van der Waals surface area (Å²) < 4.78 is 3.16. The predicted octanol–water partition coefficient (Wildman–Crippen LogP) is 4.00. The third-order valence-electron chi connectivity index (χ3n) is 1.58. The third kappa shape index (κ3) is 12.1. The van der Waals surface area contributed by atoms with Crippen LogP contribution in [0.2, 0.25) is 0 Å². The molecule has 6 heteroatoms. The van der Waals surface area contributed by atoms with Crippen LogP contribution in [0.4, 0.5) is 4.79 Å². The van der Waals surface area contributed by atoms with Gasteiger partial charge in [-0.05, 0) is 19.3 Å². The molecular formula is C8H13Cl3O3. The number of alkyl halides is 3. The third-order valence-corrected chi connectivity index (χ3v) is 2.15.